The summed E-state index contributed by atoms with van der Waals surface area (Å²) in [6.07, 6.45) is 10.5. The molecule has 0 fully saturated rings. The summed E-state index contributed by atoms with van der Waals surface area (Å²) < 4.78 is 15.1. The number of fused-ring (bicyclic) bond motifs is 3. The van der Waals surface area contributed by atoms with Crippen molar-refractivity contribution < 1.29 is 28.6 Å². The fraction of sp³-hybridized carbons (Fsp3) is 0.273. The van der Waals surface area contributed by atoms with Gasteiger partial charge >= 0.3 is 17.9 Å². The SMILES string of the molecule is C=CC(=O)OCCOC(=O)CCC(=O)Oc1cccc2c1C1N=CC=CC1C=C2. The van der Waals surface area contributed by atoms with Crippen LogP contribution in [0.25, 0.3) is 6.08 Å². The monoisotopic (exact) mass is 395 g/mol. The minimum atomic E-state index is -0.592. The highest BCUT2D eigenvalue weighted by Crippen LogP contribution is 2.42. The van der Waals surface area contributed by atoms with Gasteiger partial charge in [-0.1, -0.05) is 36.9 Å². The third-order valence-corrected chi connectivity index (χ3v) is 4.44. The van der Waals surface area contributed by atoms with Crippen molar-refractivity contribution in [2.24, 2.45) is 10.9 Å². The summed E-state index contributed by atoms with van der Waals surface area (Å²) in [6, 6.07) is 5.36. The van der Waals surface area contributed by atoms with Crippen LogP contribution in [0.2, 0.25) is 0 Å². The van der Waals surface area contributed by atoms with Crippen LogP contribution < -0.4 is 4.74 Å². The van der Waals surface area contributed by atoms with Crippen LogP contribution in [-0.2, 0) is 23.9 Å². The zero-order valence-corrected chi connectivity index (χ0v) is 15.8. The third-order valence-electron chi connectivity index (χ3n) is 4.44. The summed E-state index contributed by atoms with van der Waals surface area (Å²) in [5, 5.41) is 0. The van der Waals surface area contributed by atoms with Gasteiger partial charge in [-0.05, 0) is 17.7 Å². The Balaban J connectivity index is 1.52. The lowest BCUT2D eigenvalue weighted by Crippen LogP contribution is -2.18. The molecule has 1 aliphatic heterocycles. The summed E-state index contributed by atoms with van der Waals surface area (Å²) in [5.74, 6) is -1.13. The molecule has 150 valence electrons. The third kappa shape index (κ3) is 5.28. The topological polar surface area (TPSA) is 91.3 Å². The first-order valence-electron chi connectivity index (χ1n) is 9.25. The number of carbonyl (C=O) groups is 3. The van der Waals surface area contributed by atoms with Gasteiger partial charge in [0.2, 0.25) is 0 Å². The summed E-state index contributed by atoms with van der Waals surface area (Å²) >= 11 is 0. The quantitative estimate of drug-likeness (QED) is 0.291. The van der Waals surface area contributed by atoms with Gasteiger partial charge in [-0.25, -0.2) is 4.79 Å². The highest BCUT2D eigenvalue weighted by Gasteiger charge is 2.29. The number of allylic oxidation sites excluding steroid dienone is 1. The molecule has 0 amide bonds. The number of esters is 3. The molecule has 0 saturated heterocycles. The van der Waals surface area contributed by atoms with Crippen LogP contribution in [0.5, 0.6) is 5.75 Å². The molecule has 0 N–H and O–H groups in total. The van der Waals surface area contributed by atoms with Gasteiger partial charge in [0.05, 0.1) is 18.9 Å². The van der Waals surface area contributed by atoms with Gasteiger partial charge in [-0.3, -0.25) is 14.6 Å². The first-order valence-corrected chi connectivity index (χ1v) is 9.25. The van der Waals surface area contributed by atoms with E-state index in [2.05, 4.69) is 23.7 Å². The Hall–Kier alpha value is -3.48. The van der Waals surface area contributed by atoms with E-state index in [9.17, 15) is 14.4 Å². The predicted octanol–water partition coefficient (Wildman–Crippen LogP) is 2.97. The highest BCUT2D eigenvalue weighted by atomic mass is 16.6. The Morgan fingerprint density at radius 1 is 1.07 bits per heavy atom. The van der Waals surface area contributed by atoms with Gasteiger partial charge in [0, 0.05) is 23.8 Å². The summed E-state index contributed by atoms with van der Waals surface area (Å²) in [6.45, 7) is 3.11. The van der Waals surface area contributed by atoms with Gasteiger partial charge in [-0.15, -0.1) is 0 Å². The molecule has 0 saturated carbocycles. The van der Waals surface area contributed by atoms with Crippen molar-refractivity contribution in [3.05, 3.63) is 60.2 Å². The number of hydrogen-bond acceptors (Lipinski definition) is 7. The van der Waals surface area contributed by atoms with Crippen LogP contribution in [0.3, 0.4) is 0 Å². The Labute approximate surface area is 168 Å². The van der Waals surface area contributed by atoms with Crippen LogP contribution in [0.4, 0.5) is 0 Å². The van der Waals surface area contributed by atoms with Crippen LogP contribution >= 0.6 is 0 Å². The van der Waals surface area contributed by atoms with E-state index >= 15 is 0 Å². The minimum Gasteiger partial charge on any atom is -0.462 e. The van der Waals surface area contributed by atoms with Crippen molar-refractivity contribution in [2.75, 3.05) is 13.2 Å². The lowest BCUT2D eigenvalue weighted by molar-refractivity contribution is -0.151. The number of aliphatic imine (C=N–C) groups is 1. The average Bonchev–Trinajstić information content (AvgIpc) is 2.75. The molecule has 29 heavy (non-hydrogen) atoms. The first-order chi connectivity index (χ1) is 14.1. The normalized spacial score (nSPS) is 18.3. The second-order valence-electron chi connectivity index (χ2n) is 6.39. The van der Waals surface area contributed by atoms with Gasteiger partial charge in [-0.2, -0.15) is 0 Å². The maximum atomic E-state index is 12.2. The smallest absolute Gasteiger partial charge is 0.330 e. The Kier molecular flexibility index (Phi) is 6.73. The first kappa shape index (κ1) is 20.3. The Bertz CT molecular complexity index is 899. The molecule has 7 heteroatoms. The zero-order chi connectivity index (χ0) is 20.6. The van der Waals surface area contributed by atoms with Crippen LogP contribution in [0.15, 0.2) is 54.1 Å². The van der Waals surface area contributed by atoms with Gasteiger partial charge < -0.3 is 14.2 Å². The van der Waals surface area contributed by atoms with Gasteiger partial charge in [0.1, 0.15) is 19.0 Å². The number of benzene rings is 1. The van der Waals surface area contributed by atoms with Crippen molar-refractivity contribution in [3.63, 3.8) is 0 Å². The lowest BCUT2D eigenvalue weighted by atomic mass is 9.83. The maximum absolute atomic E-state index is 12.2. The molecule has 1 aromatic carbocycles. The van der Waals surface area contributed by atoms with E-state index < -0.39 is 17.9 Å². The zero-order valence-electron chi connectivity index (χ0n) is 15.8. The molecule has 1 heterocycles. The summed E-state index contributed by atoms with van der Waals surface area (Å²) in [7, 11) is 0. The van der Waals surface area contributed by atoms with E-state index in [0.29, 0.717) is 5.75 Å². The molecule has 1 aliphatic carbocycles. The van der Waals surface area contributed by atoms with Crippen LogP contribution in [0, 0.1) is 5.92 Å². The van der Waals surface area contributed by atoms with Crippen molar-refractivity contribution in [1.82, 2.24) is 0 Å². The number of carbonyl (C=O) groups excluding carboxylic acids is 3. The molecule has 0 spiro atoms. The summed E-state index contributed by atoms with van der Waals surface area (Å²) in [5.41, 5.74) is 1.82. The number of ether oxygens (including phenoxy) is 3. The molecule has 0 radical (unpaired) electrons. The number of dihydropyridines is 1. The van der Waals surface area contributed by atoms with E-state index in [-0.39, 0.29) is 38.0 Å². The number of nitrogens with zero attached hydrogens (tertiary/aromatic N) is 1. The molecular weight excluding hydrogens is 374 g/mol. The van der Waals surface area contributed by atoms with Crippen LogP contribution in [0.1, 0.15) is 30.0 Å². The van der Waals surface area contributed by atoms with Crippen molar-refractivity contribution in [3.8, 4) is 5.75 Å². The maximum Gasteiger partial charge on any atom is 0.330 e. The second-order valence-corrected chi connectivity index (χ2v) is 6.39. The van der Waals surface area contributed by atoms with Crippen molar-refractivity contribution in [1.29, 1.82) is 0 Å². The molecule has 0 aromatic heterocycles. The molecule has 3 rings (SSSR count). The van der Waals surface area contributed by atoms with Gasteiger partial charge in [0.25, 0.3) is 0 Å². The van der Waals surface area contributed by atoms with Crippen molar-refractivity contribution in [2.45, 2.75) is 18.9 Å². The minimum absolute atomic E-state index is 0.0672. The fourth-order valence-electron chi connectivity index (χ4n) is 3.09. The van der Waals surface area contributed by atoms with Gasteiger partial charge in [0.15, 0.2) is 0 Å². The lowest BCUT2D eigenvalue weighted by Gasteiger charge is -2.28. The van der Waals surface area contributed by atoms with E-state index in [4.69, 9.17) is 14.2 Å². The molecular formula is C22H21NO6. The Morgan fingerprint density at radius 2 is 1.86 bits per heavy atom. The Morgan fingerprint density at radius 3 is 2.69 bits per heavy atom. The number of hydrogen-bond donors (Lipinski definition) is 0. The molecule has 1 aromatic rings. The highest BCUT2D eigenvalue weighted by molar-refractivity contribution is 5.81. The van der Waals surface area contributed by atoms with E-state index in [0.717, 1.165) is 17.2 Å². The predicted molar refractivity (Wildman–Crippen MR) is 106 cm³/mol. The van der Waals surface area contributed by atoms with E-state index in [1.807, 2.05) is 24.3 Å². The standard InChI is InChI=1S/C22H21NO6/c1-2-18(24)27-13-14-28-19(25)10-11-20(26)29-17-7-3-5-15-8-9-16-6-4-12-23-22(16)21(15)17/h2-9,12,16,22H,1,10-11,13-14H2. The molecule has 0 bridgehead atoms. The van der Waals surface area contributed by atoms with Crippen LogP contribution in [-0.4, -0.2) is 37.3 Å². The summed E-state index contributed by atoms with van der Waals surface area (Å²) in [4.78, 5) is 39.3. The molecule has 7 nitrogen and oxygen atoms in total. The largest absolute Gasteiger partial charge is 0.462 e. The van der Waals surface area contributed by atoms with E-state index in [1.54, 1.807) is 12.3 Å². The fourth-order valence-corrected chi connectivity index (χ4v) is 3.09. The number of rotatable bonds is 8. The average molecular weight is 395 g/mol. The molecule has 2 atom stereocenters. The molecule has 2 unspecified atom stereocenters. The molecule has 2 aliphatic rings. The second kappa shape index (κ2) is 9.64. The van der Waals surface area contributed by atoms with Crippen molar-refractivity contribution >= 4 is 30.2 Å². The van der Waals surface area contributed by atoms with E-state index in [1.165, 1.54) is 0 Å².